The molecule has 1 aromatic heterocycles. The van der Waals surface area contributed by atoms with Crippen LogP contribution in [-0.2, 0) is 4.74 Å². The minimum atomic E-state index is -0.330. The quantitative estimate of drug-likeness (QED) is 0.542. The second kappa shape index (κ2) is 8.34. The number of ether oxygens (including phenoxy) is 2. The Morgan fingerprint density at radius 2 is 1.84 bits per heavy atom. The SMILES string of the molecule is COC(=O)c1ccc(C(Oc2ccc(Cl)nc2)C2CCCCC2)cc1. The summed E-state index contributed by atoms with van der Waals surface area (Å²) < 4.78 is 11.1. The van der Waals surface area contributed by atoms with Crippen LogP contribution in [-0.4, -0.2) is 18.1 Å². The number of nitrogens with zero attached hydrogens (tertiary/aromatic N) is 1. The summed E-state index contributed by atoms with van der Waals surface area (Å²) in [5.41, 5.74) is 1.61. The van der Waals surface area contributed by atoms with Crippen LogP contribution < -0.4 is 4.74 Å². The molecule has 1 fully saturated rings. The first-order valence-corrected chi connectivity index (χ1v) is 9.01. The average molecular weight is 360 g/mol. The third-order valence-electron chi connectivity index (χ3n) is 4.70. The number of hydrogen-bond acceptors (Lipinski definition) is 4. The van der Waals surface area contributed by atoms with Crippen LogP contribution in [0.15, 0.2) is 42.6 Å². The summed E-state index contributed by atoms with van der Waals surface area (Å²) in [7, 11) is 1.39. The van der Waals surface area contributed by atoms with Gasteiger partial charge in [0.25, 0.3) is 0 Å². The molecular formula is C20H22ClNO3. The highest BCUT2D eigenvalue weighted by Gasteiger charge is 2.27. The minimum absolute atomic E-state index is 0.0602. The summed E-state index contributed by atoms with van der Waals surface area (Å²) in [5.74, 6) is 0.828. The molecule has 1 aliphatic rings. The maximum absolute atomic E-state index is 11.6. The first-order chi connectivity index (χ1) is 12.2. The van der Waals surface area contributed by atoms with Gasteiger partial charge in [-0.25, -0.2) is 9.78 Å². The fraction of sp³-hybridized carbons (Fsp3) is 0.400. The zero-order valence-corrected chi connectivity index (χ0v) is 15.0. The Morgan fingerprint density at radius 3 is 2.44 bits per heavy atom. The number of carbonyl (C=O) groups is 1. The van der Waals surface area contributed by atoms with E-state index in [0.717, 1.165) is 18.4 Å². The Morgan fingerprint density at radius 1 is 1.12 bits per heavy atom. The molecule has 0 amide bonds. The molecule has 1 aromatic carbocycles. The molecule has 4 nitrogen and oxygen atoms in total. The zero-order chi connectivity index (χ0) is 17.6. The molecule has 1 heterocycles. The van der Waals surface area contributed by atoms with E-state index in [-0.39, 0.29) is 12.1 Å². The summed E-state index contributed by atoms with van der Waals surface area (Å²) in [6.07, 6.45) is 7.62. The van der Waals surface area contributed by atoms with Crippen LogP contribution in [0.4, 0.5) is 0 Å². The first kappa shape index (κ1) is 17.7. The van der Waals surface area contributed by atoms with E-state index in [4.69, 9.17) is 21.1 Å². The third-order valence-corrected chi connectivity index (χ3v) is 4.93. The van der Waals surface area contributed by atoms with Crippen LogP contribution in [0.2, 0.25) is 5.15 Å². The van der Waals surface area contributed by atoms with Crippen molar-refractivity contribution in [2.75, 3.05) is 7.11 Å². The summed E-state index contributed by atoms with van der Waals surface area (Å²) in [4.78, 5) is 15.7. The fourth-order valence-electron chi connectivity index (χ4n) is 3.38. The van der Waals surface area contributed by atoms with E-state index < -0.39 is 0 Å². The number of carbonyl (C=O) groups excluding carboxylic acids is 1. The Hall–Kier alpha value is -2.07. The van der Waals surface area contributed by atoms with Gasteiger partial charge in [-0.2, -0.15) is 0 Å². The molecule has 2 aromatic rings. The second-order valence-corrected chi connectivity index (χ2v) is 6.75. The predicted molar refractivity (Wildman–Crippen MR) is 97.0 cm³/mol. The maximum Gasteiger partial charge on any atom is 0.337 e. The number of hydrogen-bond donors (Lipinski definition) is 0. The number of halogens is 1. The van der Waals surface area contributed by atoms with E-state index in [1.54, 1.807) is 24.4 Å². The molecule has 0 radical (unpaired) electrons. The van der Waals surface area contributed by atoms with Crippen LogP contribution in [0.5, 0.6) is 5.75 Å². The molecule has 1 aliphatic carbocycles. The van der Waals surface area contributed by atoms with Gasteiger partial charge < -0.3 is 9.47 Å². The lowest BCUT2D eigenvalue weighted by atomic mass is 9.82. The molecule has 3 rings (SSSR count). The number of methoxy groups -OCH3 is 1. The van der Waals surface area contributed by atoms with Crippen LogP contribution in [0, 0.1) is 5.92 Å². The van der Waals surface area contributed by atoms with Crippen molar-refractivity contribution in [3.05, 3.63) is 58.9 Å². The van der Waals surface area contributed by atoms with Gasteiger partial charge in [0.05, 0.1) is 18.9 Å². The number of esters is 1. The molecule has 1 saturated carbocycles. The van der Waals surface area contributed by atoms with Crippen molar-refractivity contribution in [1.29, 1.82) is 0 Å². The van der Waals surface area contributed by atoms with E-state index in [2.05, 4.69) is 4.98 Å². The van der Waals surface area contributed by atoms with Gasteiger partial charge >= 0.3 is 5.97 Å². The van der Waals surface area contributed by atoms with E-state index >= 15 is 0 Å². The van der Waals surface area contributed by atoms with Crippen molar-refractivity contribution in [2.24, 2.45) is 5.92 Å². The summed E-state index contributed by atoms with van der Waals surface area (Å²) in [6.45, 7) is 0. The van der Waals surface area contributed by atoms with Gasteiger partial charge in [-0.3, -0.25) is 0 Å². The molecule has 0 spiro atoms. The van der Waals surface area contributed by atoms with Crippen LogP contribution >= 0.6 is 11.6 Å². The second-order valence-electron chi connectivity index (χ2n) is 6.37. The smallest absolute Gasteiger partial charge is 0.337 e. The largest absolute Gasteiger partial charge is 0.484 e. The van der Waals surface area contributed by atoms with Crippen molar-refractivity contribution in [1.82, 2.24) is 4.98 Å². The standard InChI is InChI=1S/C20H22ClNO3/c1-24-20(23)16-9-7-15(8-10-16)19(14-5-3-2-4-6-14)25-17-11-12-18(21)22-13-17/h7-14,19H,2-6H2,1H3. The topological polar surface area (TPSA) is 48.4 Å². The van der Waals surface area contributed by atoms with E-state index in [1.165, 1.54) is 26.4 Å². The molecule has 132 valence electrons. The maximum atomic E-state index is 11.6. The Balaban J connectivity index is 1.84. The number of benzene rings is 1. The van der Waals surface area contributed by atoms with Gasteiger partial charge in [0.15, 0.2) is 0 Å². The van der Waals surface area contributed by atoms with E-state index in [9.17, 15) is 4.79 Å². The lowest BCUT2D eigenvalue weighted by molar-refractivity contribution is 0.0600. The lowest BCUT2D eigenvalue weighted by Gasteiger charge is -2.31. The molecule has 0 N–H and O–H groups in total. The van der Waals surface area contributed by atoms with Gasteiger partial charge in [0.1, 0.15) is 17.0 Å². The molecule has 1 unspecified atom stereocenters. The van der Waals surface area contributed by atoms with Crippen molar-refractivity contribution < 1.29 is 14.3 Å². The summed E-state index contributed by atoms with van der Waals surface area (Å²) in [6, 6.07) is 11.1. The number of aromatic nitrogens is 1. The molecule has 0 aliphatic heterocycles. The molecule has 0 bridgehead atoms. The predicted octanol–water partition coefficient (Wildman–Crippen LogP) is 5.22. The summed E-state index contributed by atoms with van der Waals surface area (Å²) >= 11 is 5.86. The molecule has 5 heteroatoms. The highest BCUT2D eigenvalue weighted by Crippen LogP contribution is 2.37. The highest BCUT2D eigenvalue weighted by atomic mass is 35.5. The van der Waals surface area contributed by atoms with Gasteiger partial charge in [0, 0.05) is 5.92 Å². The average Bonchev–Trinajstić information content (AvgIpc) is 2.68. The highest BCUT2D eigenvalue weighted by molar-refractivity contribution is 6.29. The normalized spacial score (nSPS) is 16.2. The Bertz CT molecular complexity index is 694. The third kappa shape index (κ3) is 4.51. The fourth-order valence-corrected chi connectivity index (χ4v) is 3.49. The number of rotatable bonds is 5. The first-order valence-electron chi connectivity index (χ1n) is 8.64. The van der Waals surface area contributed by atoms with Gasteiger partial charge in [-0.1, -0.05) is 43.0 Å². The molecule has 0 saturated heterocycles. The minimum Gasteiger partial charge on any atom is -0.484 e. The van der Waals surface area contributed by atoms with Crippen LogP contribution in [0.25, 0.3) is 0 Å². The van der Waals surface area contributed by atoms with Gasteiger partial charge in [-0.15, -0.1) is 0 Å². The molecule has 25 heavy (non-hydrogen) atoms. The Labute approximate surface area is 153 Å². The zero-order valence-electron chi connectivity index (χ0n) is 14.3. The van der Waals surface area contributed by atoms with Crippen molar-refractivity contribution in [3.8, 4) is 5.75 Å². The van der Waals surface area contributed by atoms with Crippen LogP contribution in [0.1, 0.15) is 54.1 Å². The van der Waals surface area contributed by atoms with E-state index in [0.29, 0.717) is 22.4 Å². The van der Waals surface area contributed by atoms with Crippen molar-refractivity contribution in [2.45, 2.75) is 38.2 Å². The van der Waals surface area contributed by atoms with Gasteiger partial charge in [-0.05, 0) is 42.7 Å². The molecule has 1 atom stereocenters. The van der Waals surface area contributed by atoms with Crippen molar-refractivity contribution >= 4 is 17.6 Å². The lowest BCUT2D eigenvalue weighted by Crippen LogP contribution is -2.21. The van der Waals surface area contributed by atoms with E-state index in [1.807, 2.05) is 18.2 Å². The summed E-state index contributed by atoms with van der Waals surface area (Å²) in [5, 5.41) is 0.448. The monoisotopic (exact) mass is 359 g/mol. The van der Waals surface area contributed by atoms with Gasteiger partial charge in [0.2, 0.25) is 0 Å². The number of pyridine rings is 1. The molecular weight excluding hydrogens is 338 g/mol. The van der Waals surface area contributed by atoms with Crippen molar-refractivity contribution in [3.63, 3.8) is 0 Å². The Kier molecular flexibility index (Phi) is 5.92. The van der Waals surface area contributed by atoms with Crippen LogP contribution in [0.3, 0.4) is 0 Å².